The number of carbonyl (C=O) groups is 2. The SMILES string of the molecule is COCc1nc(C(=O)NCCCN2CCCC2C(=O)N(C)C)cs1. The van der Waals surface area contributed by atoms with Crippen LogP contribution in [0.5, 0.6) is 0 Å². The van der Waals surface area contributed by atoms with E-state index in [1.165, 1.54) is 11.3 Å². The average Bonchev–Trinajstić information content (AvgIpc) is 3.20. The number of likely N-dealkylation sites (N-methyl/N-ethyl adjacent to an activating group) is 1. The molecule has 0 aromatic carbocycles. The van der Waals surface area contributed by atoms with Crippen LogP contribution in [0.1, 0.15) is 34.8 Å². The van der Waals surface area contributed by atoms with Gasteiger partial charge >= 0.3 is 0 Å². The molecule has 134 valence electrons. The summed E-state index contributed by atoms with van der Waals surface area (Å²) in [5, 5.41) is 5.43. The monoisotopic (exact) mass is 354 g/mol. The maximum Gasteiger partial charge on any atom is 0.270 e. The summed E-state index contributed by atoms with van der Waals surface area (Å²) >= 11 is 1.42. The van der Waals surface area contributed by atoms with Crippen molar-refractivity contribution < 1.29 is 14.3 Å². The number of nitrogens with one attached hydrogen (secondary N) is 1. The lowest BCUT2D eigenvalue weighted by Crippen LogP contribution is -2.43. The molecule has 1 aliphatic heterocycles. The summed E-state index contributed by atoms with van der Waals surface area (Å²) in [6, 6.07) is -0.00848. The number of nitrogens with zero attached hydrogens (tertiary/aromatic N) is 3. The Labute approximate surface area is 147 Å². The van der Waals surface area contributed by atoms with E-state index < -0.39 is 0 Å². The van der Waals surface area contributed by atoms with Gasteiger partial charge in [-0.15, -0.1) is 11.3 Å². The minimum atomic E-state index is -0.157. The minimum Gasteiger partial charge on any atom is -0.378 e. The van der Waals surface area contributed by atoms with Gasteiger partial charge in [-0.1, -0.05) is 0 Å². The average molecular weight is 354 g/mol. The molecular formula is C16H26N4O3S. The second kappa shape index (κ2) is 9.10. The van der Waals surface area contributed by atoms with E-state index >= 15 is 0 Å². The zero-order valence-corrected chi connectivity index (χ0v) is 15.4. The topological polar surface area (TPSA) is 74.8 Å². The minimum absolute atomic E-state index is 0.00848. The van der Waals surface area contributed by atoms with E-state index in [9.17, 15) is 9.59 Å². The molecule has 1 N–H and O–H groups in total. The zero-order valence-electron chi connectivity index (χ0n) is 14.6. The summed E-state index contributed by atoms with van der Waals surface area (Å²) in [4.78, 5) is 32.3. The van der Waals surface area contributed by atoms with Crippen LogP contribution in [0.3, 0.4) is 0 Å². The van der Waals surface area contributed by atoms with Crippen LogP contribution in [0.4, 0.5) is 0 Å². The third-order valence-electron chi connectivity index (χ3n) is 4.05. The maximum absolute atomic E-state index is 12.1. The van der Waals surface area contributed by atoms with Gasteiger partial charge in [-0.2, -0.15) is 0 Å². The third kappa shape index (κ3) is 4.99. The molecule has 2 rings (SSSR count). The van der Waals surface area contributed by atoms with Gasteiger partial charge in [-0.3, -0.25) is 14.5 Å². The molecule has 0 spiro atoms. The van der Waals surface area contributed by atoms with E-state index in [0.717, 1.165) is 37.4 Å². The molecule has 7 nitrogen and oxygen atoms in total. The number of hydrogen-bond donors (Lipinski definition) is 1. The Morgan fingerprint density at radius 2 is 2.29 bits per heavy atom. The van der Waals surface area contributed by atoms with Crippen LogP contribution in [0.25, 0.3) is 0 Å². The van der Waals surface area contributed by atoms with E-state index in [-0.39, 0.29) is 17.9 Å². The second-order valence-corrected chi connectivity index (χ2v) is 7.04. The van der Waals surface area contributed by atoms with E-state index in [1.807, 2.05) is 0 Å². The molecule has 1 atom stereocenters. The Balaban J connectivity index is 1.72. The van der Waals surface area contributed by atoms with Crippen molar-refractivity contribution in [3.05, 3.63) is 16.1 Å². The first-order valence-corrected chi connectivity index (χ1v) is 9.07. The quantitative estimate of drug-likeness (QED) is 0.704. The summed E-state index contributed by atoms with van der Waals surface area (Å²) in [7, 11) is 5.20. The number of hydrogen-bond acceptors (Lipinski definition) is 6. The normalized spacial score (nSPS) is 17.9. The highest BCUT2D eigenvalue weighted by Gasteiger charge is 2.30. The molecule has 0 aliphatic carbocycles. The van der Waals surface area contributed by atoms with Crippen LogP contribution in [0, 0.1) is 0 Å². The molecule has 1 aliphatic rings. The van der Waals surface area contributed by atoms with Crippen molar-refractivity contribution in [2.24, 2.45) is 0 Å². The van der Waals surface area contributed by atoms with Gasteiger partial charge in [0.2, 0.25) is 5.91 Å². The first kappa shape index (κ1) is 18.8. The fourth-order valence-electron chi connectivity index (χ4n) is 2.85. The Bertz CT molecular complexity index is 561. The molecule has 1 saturated heterocycles. The number of aromatic nitrogens is 1. The molecule has 8 heteroatoms. The number of likely N-dealkylation sites (tertiary alicyclic amines) is 1. The van der Waals surface area contributed by atoms with E-state index in [1.54, 1.807) is 31.5 Å². The van der Waals surface area contributed by atoms with Crippen LogP contribution in [-0.2, 0) is 16.1 Å². The number of thiazole rings is 1. The highest BCUT2D eigenvalue weighted by atomic mass is 32.1. The number of amides is 2. The highest BCUT2D eigenvalue weighted by Crippen LogP contribution is 2.18. The molecule has 0 bridgehead atoms. The van der Waals surface area contributed by atoms with Gasteiger partial charge in [-0.05, 0) is 25.8 Å². The largest absolute Gasteiger partial charge is 0.378 e. The molecule has 2 amide bonds. The van der Waals surface area contributed by atoms with Crippen molar-refractivity contribution in [1.29, 1.82) is 0 Å². The van der Waals surface area contributed by atoms with Crippen LogP contribution in [-0.4, -0.2) is 73.5 Å². The van der Waals surface area contributed by atoms with Gasteiger partial charge in [-0.25, -0.2) is 4.98 Å². The molecular weight excluding hydrogens is 328 g/mol. The number of ether oxygens (including phenoxy) is 1. The van der Waals surface area contributed by atoms with Crippen molar-refractivity contribution in [3.63, 3.8) is 0 Å². The predicted molar refractivity (Wildman–Crippen MR) is 93.1 cm³/mol. The Morgan fingerprint density at radius 1 is 1.50 bits per heavy atom. The Kier molecular flexibility index (Phi) is 7.14. The first-order valence-electron chi connectivity index (χ1n) is 8.19. The summed E-state index contributed by atoms with van der Waals surface area (Å²) in [6.45, 7) is 2.77. The summed E-state index contributed by atoms with van der Waals surface area (Å²) in [6.07, 6.45) is 2.79. The van der Waals surface area contributed by atoms with E-state index in [4.69, 9.17) is 4.74 Å². The van der Waals surface area contributed by atoms with Gasteiger partial charge in [0.15, 0.2) is 0 Å². The first-order chi connectivity index (χ1) is 11.5. The standard InChI is InChI=1S/C16H26N4O3S/c1-19(2)16(22)13-6-4-8-20(13)9-5-7-17-15(21)12-11-24-14(18-12)10-23-3/h11,13H,4-10H2,1-3H3,(H,17,21). The molecule has 1 fully saturated rings. The molecule has 0 saturated carbocycles. The van der Waals surface area contributed by atoms with Gasteiger partial charge < -0.3 is 15.0 Å². The Hall–Kier alpha value is -1.51. The van der Waals surface area contributed by atoms with Crippen LogP contribution >= 0.6 is 11.3 Å². The fourth-order valence-corrected chi connectivity index (χ4v) is 3.60. The van der Waals surface area contributed by atoms with E-state index in [0.29, 0.717) is 18.8 Å². The van der Waals surface area contributed by atoms with Gasteiger partial charge in [0.1, 0.15) is 10.7 Å². The van der Waals surface area contributed by atoms with Crippen molar-refractivity contribution in [3.8, 4) is 0 Å². The van der Waals surface area contributed by atoms with Gasteiger partial charge in [0, 0.05) is 39.7 Å². The molecule has 1 unspecified atom stereocenters. The number of methoxy groups -OCH3 is 1. The maximum atomic E-state index is 12.1. The fraction of sp³-hybridized carbons (Fsp3) is 0.688. The van der Waals surface area contributed by atoms with Crippen molar-refractivity contribution in [2.75, 3.05) is 40.8 Å². The smallest absolute Gasteiger partial charge is 0.270 e. The van der Waals surface area contributed by atoms with Crippen molar-refractivity contribution >= 4 is 23.2 Å². The summed E-state index contributed by atoms with van der Waals surface area (Å²) in [5.74, 6) is 0.0145. The van der Waals surface area contributed by atoms with Gasteiger partial charge in [0.25, 0.3) is 5.91 Å². The third-order valence-corrected chi connectivity index (χ3v) is 4.87. The van der Waals surface area contributed by atoms with Crippen LogP contribution < -0.4 is 5.32 Å². The predicted octanol–water partition coefficient (Wildman–Crippen LogP) is 0.962. The van der Waals surface area contributed by atoms with Crippen molar-refractivity contribution in [1.82, 2.24) is 20.1 Å². The summed E-state index contributed by atoms with van der Waals surface area (Å²) < 4.78 is 5.00. The van der Waals surface area contributed by atoms with Crippen LogP contribution in [0.15, 0.2) is 5.38 Å². The molecule has 1 aromatic rings. The van der Waals surface area contributed by atoms with Gasteiger partial charge in [0.05, 0.1) is 12.6 Å². The lowest BCUT2D eigenvalue weighted by molar-refractivity contribution is -0.133. The van der Waals surface area contributed by atoms with E-state index in [2.05, 4.69) is 15.2 Å². The molecule has 1 aromatic heterocycles. The lowest BCUT2D eigenvalue weighted by Gasteiger charge is -2.25. The Morgan fingerprint density at radius 3 is 3.00 bits per heavy atom. The highest BCUT2D eigenvalue weighted by molar-refractivity contribution is 7.09. The lowest BCUT2D eigenvalue weighted by atomic mass is 10.2. The second-order valence-electron chi connectivity index (χ2n) is 6.10. The van der Waals surface area contributed by atoms with Crippen molar-refractivity contribution in [2.45, 2.75) is 31.9 Å². The zero-order chi connectivity index (χ0) is 17.5. The van der Waals surface area contributed by atoms with Crippen LogP contribution in [0.2, 0.25) is 0 Å². The number of rotatable bonds is 8. The summed E-state index contributed by atoms with van der Waals surface area (Å²) in [5.41, 5.74) is 0.439. The molecule has 0 radical (unpaired) electrons. The molecule has 2 heterocycles. The number of carbonyl (C=O) groups excluding carboxylic acids is 2. The molecule has 24 heavy (non-hydrogen) atoms.